The molecule has 1 aliphatic rings. The van der Waals surface area contributed by atoms with E-state index in [-0.39, 0.29) is 36.7 Å². The standard InChI is InChI=1S/C18H19ClF2N4O4S/c1-29-14-2-3-15(19)16(10-14)30(27,28)18(20,21)12-5-8-25(9-6-12)17(26)24-13-4-7-22-23-11-13/h2-4,7,10-12H,5-6,8-9H2,1H3,(H,22,24,26). The van der Waals surface area contributed by atoms with Gasteiger partial charge in [-0.1, -0.05) is 11.6 Å². The molecular formula is C18H19ClF2N4O4S. The Hall–Kier alpha value is -2.53. The van der Waals surface area contributed by atoms with Gasteiger partial charge in [0.25, 0.3) is 0 Å². The van der Waals surface area contributed by atoms with Crippen LogP contribution in [0.5, 0.6) is 5.75 Å². The number of amides is 2. The van der Waals surface area contributed by atoms with E-state index in [9.17, 15) is 13.2 Å². The van der Waals surface area contributed by atoms with Crippen molar-refractivity contribution in [2.45, 2.75) is 23.0 Å². The molecule has 1 aliphatic heterocycles. The van der Waals surface area contributed by atoms with Crippen LogP contribution in [0, 0.1) is 5.92 Å². The van der Waals surface area contributed by atoms with Crippen molar-refractivity contribution in [3.63, 3.8) is 0 Å². The lowest BCUT2D eigenvalue weighted by Crippen LogP contribution is -2.47. The molecule has 2 heterocycles. The fraction of sp³-hybridized carbons (Fsp3) is 0.389. The maximum Gasteiger partial charge on any atom is 0.352 e. The van der Waals surface area contributed by atoms with E-state index in [1.807, 2.05) is 0 Å². The summed E-state index contributed by atoms with van der Waals surface area (Å²) in [5.41, 5.74) is 0.415. The summed E-state index contributed by atoms with van der Waals surface area (Å²) in [7, 11) is -3.78. The molecule has 0 saturated carbocycles. The number of ether oxygens (including phenoxy) is 1. The molecule has 2 aromatic rings. The van der Waals surface area contributed by atoms with Crippen LogP contribution >= 0.6 is 11.6 Å². The lowest BCUT2D eigenvalue weighted by molar-refractivity contribution is 0.000422. The number of rotatable bonds is 5. The Morgan fingerprint density at radius 3 is 2.57 bits per heavy atom. The second kappa shape index (κ2) is 8.68. The number of nitrogens with one attached hydrogen (secondary N) is 1. The van der Waals surface area contributed by atoms with Gasteiger partial charge in [0.1, 0.15) is 5.75 Å². The van der Waals surface area contributed by atoms with Gasteiger partial charge in [-0.3, -0.25) is 0 Å². The molecule has 1 fully saturated rings. The summed E-state index contributed by atoms with van der Waals surface area (Å²) in [4.78, 5) is 13.0. The predicted octanol–water partition coefficient (Wildman–Crippen LogP) is 3.45. The van der Waals surface area contributed by atoms with Crippen molar-refractivity contribution in [1.29, 1.82) is 0 Å². The quantitative estimate of drug-likeness (QED) is 0.733. The first-order valence-corrected chi connectivity index (χ1v) is 10.8. The second-order valence-corrected chi connectivity index (χ2v) is 9.08. The van der Waals surface area contributed by atoms with Crippen LogP contribution in [-0.4, -0.2) is 55.0 Å². The number of hydrogen-bond acceptors (Lipinski definition) is 6. The van der Waals surface area contributed by atoms with Crippen molar-refractivity contribution >= 4 is 33.2 Å². The van der Waals surface area contributed by atoms with Gasteiger partial charge >= 0.3 is 11.3 Å². The fourth-order valence-corrected chi connectivity index (χ4v) is 5.15. The summed E-state index contributed by atoms with van der Waals surface area (Å²) in [6.45, 7) is -0.0437. The third-order valence-corrected chi connectivity index (χ3v) is 7.29. The molecule has 1 N–H and O–H groups in total. The van der Waals surface area contributed by atoms with Crippen molar-refractivity contribution in [2.24, 2.45) is 5.92 Å². The largest absolute Gasteiger partial charge is 0.497 e. The Bertz CT molecular complexity index is 1020. The van der Waals surface area contributed by atoms with Gasteiger partial charge in [0.15, 0.2) is 0 Å². The second-order valence-electron chi connectivity index (χ2n) is 6.68. The molecule has 0 bridgehead atoms. The van der Waals surface area contributed by atoms with Crippen LogP contribution in [0.4, 0.5) is 19.3 Å². The number of sulfone groups is 1. The zero-order valence-electron chi connectivity index (χ0n) is 15.9. The zero-order chi connectivity index (χ0) is 21.9. The molecular weight excluding hydrogens is 442 g/mol. The van der Waals surface area contributed by atoms with Crippen molar-refractivity contribution < 1.29 is 26.7 Å². The van der Waals surface area contributed by atoms with Gasteiger partial charge in [-0.15, -0.1) is 0 Å². The Morgan fingerprint density at radius 1 is 1.27 bits per heavy atom. The van der Waals surface area contributed by atoms with Crippen LogP contribution in [0.1, 0.15) is 12.8 Å². The molecule has 0 radical (unpaired) electrons. The molecule has 3 rings (SSSR count). The molecule has 162 valence electrons. The number of piperidine rings is 1. The van der Waals surface area contributed by atoms with Crippen LogP contribution in [0.15, 0.2) is 41.6 Å². The molecule has 0 unspecified atom stereocenters. The molecule has 0 atom stereocenters. The topological polar surface area (TPSA) is 101 Å². The van der Waals surface area contributed by atoms with Gasteiger partial charge < -0.3 is 15.0 Å². The highest BCUT2D eigenvalue weighted by Gasteiger charge is 2.54. The SMILES string of the molecule is COc1ccc(Cl)c(S(=O)(=O)C(F)(F)C2CCN(C(=O)Nc3ccnnc3)CC2)c1. The Labute approximate surface area is 177 Å². The van der Waals surface area contributed by atoms with Crippen LogP contribution in [0.25, 0.3) is 0 Å². The molecule has 2 amide bonds. The van der Waals surface area contributed by atoms with E-state index in [4.69, 9.17) is 16.3 Å². The molecule has 0 aliphatic carbocycles. The van der Waals surface area contributed by atoms with E-state index >= 15 is 8.78 Å². The third kappa shape index (κ3) is 4.31. The first kappa shape index (κ1) is 22.2. The third-order valence-electron chi connectivity index (χ3n) is 4.88. The smallest absolute Gasteiger partial charge is 0.352 e. The number of halogens is 3. The van der Waals surface area contributed by atoms with E-state index in [2.05, 4.69) is 15.5 Å². The number of hydrogen-bond donors (Lipinski definition) is 1. The van der Waals surface area contributed by atoms with Crippen molar-refractivity contribution in [3.8, 4) is 5.75 Å². The van der Waals surface area contributed by atoms with Crippen molar-refractivity contribution in [2.75, 3.05) is 25.5 Å². The molecule has 1 saturated heterocycles. The summed E-state index contributed by atoms with van der Waals surface area (Å²) >= 11 is 5.89. The normalized spacial score (nSPS) is 15.7. The minimum atomic E-state index is -5.07. The van der Waals surface area contributed by atoms with Gasteiger partial charge in [-0.2, -0.15) is 19.0 Å². The summed E-state index contributed by atoms with van der Waals surface area (Å²) in [5.74, 6) is -1.36. The zero-order valence-corrected chi connectivity index (χ0v) is 17.5. The minimum Gasteiger partial charge on any atom is -0.497 e. The summed E-state index contributed by atoms with van der Waals surface area (Å²) in [6.07, 6.45) is 2.38. The highest BCUT2D eigenvalue weighted by atomic mass is 35.5. The van der Waals surface area contributed by atoms with E-state index in [0.717, 1.165) is 6.07 Å². The van der Waals surface area contributed by atoms with E-state index in [0.29, 0.717) is 5.69 Å². The average molecular weight is 461 g/mol. The number of carbonyl (C=O) groups excluding carboxylic acids is 1. The van der Waals surface area contributed by atoms with Crippen LogP contribution in [0.3, 0.4) is 0 Å². The Balaban J connectivity index is 1.71. The Kier molecular flexibility index (Phi) is 6.41. The van der Waals surface area contributed by atoms with Crippen molar-refractivity contribution in [3.05, 3.63) is 41.7 Å². The average Bonchev–Trinajstić information content (AvgIpc) is 2.74. The highest BCUT2D eigenvalue weighted by Crippen LogP contribution is 2.43. The number of likely N-dealkylation sites (tertiary alicyclic amines) is 1. The van der Waals surface area contributed by atoms with Gasteiger partial charge in [0, 0.05) is 25.1 Å². The highest BCUT2D eigenvalue weighted by molar-refractivity contribution is 7.92. The lowest BCUT2D eigenvalue weighted by atomic mass is 9.97. The number of urea groups is 1. The maximum atomic E-state index is 15.0. The predicted molar refractivity (Wildman–Crippen MR) is 105 cm³/mol. The molecule has 12 heteroatoms. The number of methoxy groups -OCH3 is 1. The Morgan fingerprint density at radius 2 is 1.97 bits per heavy atom. The van der Waals surface area contributed by atoms with E-state index < -0.39 is 31.9 Å². The molecule has 8 nitrogen and oxygen atoms in total. The van der Waals surface area contributed by atoms with Gasteiger partial charge in [0.2, 0.25) is 9.84 Å². The van der Waals surface area contributed by atoms with Crippen LogP contribution in [0.2, 0.25) is 5.02 Å². The molecule has 1 aromatic heterocycles. The van der Waals surface area contributed by atoms with E-state index in [1.165, 1.54) is 42.6 Å². The first-order chi connectivity index (χ1) is 14.2. The number of aromatic nitrogens is 2. The van der Waals surface area contributed by atoms with Crippen LogP contribution < -0.4 is 10.1 Å². The number of anilines is 1. The van der Waals surface area contributed by atoms with Crippen molar-refractivity contribution in [1.82, 2.24) is 15.1 Å². The van der Waals surface area contributed by atoms with Gasteiger partial charge in [0.05, 0.1) is 35.1 Å². The van der Waals surface area contributed by atoms with Gasteiger partial charge in [-0.25, -0.2) is 13.2 Å². The first-order valence-electron chi connectivity index (χ1n) is 8.95. The molecule has 30 heavy (non-hydrogen) atoms. The number of benzene rings is 1. The minimum absolute atomic E-state index is 0.0219. The van der Waals surface area contributed by atoms with Gasteiger partial charge in [-0.05, 0) is 31.0 Å². The number of nitrogens with zero attached hydrogens (tertiary/aromatic N) is 3. The summed E-state index contributed by atoms with van der Waals surface area (Å²) in [6, 6.07) is 4.62. The summed E-state index contributed by atoms with van der Waals surface area (Å²) < 4.78 is 60.4. The summed E-state index contributed by atoms with van der Waals surface area (Å²) in [5, 5.41) is 5.46. The number of carbonyl (C=O) groups is 1. The molecule has 1 aromatic carbocycles. The lowest BCUT2D eigenvalue weighted by Gasteiger charge is -2.35. The van der Waals surface area contributed by atoms with E-state index in [1.54, 1.807) is 0 Å². The maximum absolute atomic E-state index is 15.0. The number of alkyl halides is 2. The van der Waals surface area contributed by atoms with Crippen LogP contribution in [-0.2, 0) is 9.84 Å². The monoisotopic (exact) mass is 460 g/mol. The fourth-order valence-electron chi connectivity index (χ4n) is 3.17. The molecule has 0 spiro atoms.